The molecule has 1 amide bonds. The summed E-state index contributed by atoms with van der Waals surface area (Å²) >= 11 is 3.31. The molecule has 2 N–H and O–H groups in total. The zero-order chi connectivity index (χ0) is 13.3. The predicted molar refractivity (Wildman–Crippen MR) is 71.2 cm³/mol. The molecule has 0 radical (unpaired) electrons. The average molecular weight is 312 g/mol. The number of carbonyl (C=O) groups excluding carboxylic acids is 2. The summed E-state index contributed by atoms with van der Waals surface area (Å²) < 4.78 is 0.790. The summed E-state index contributed by atoms with van der Waals surface area (Å²) in [6.45, 7) is 1.77. The molecule has 0 aliphatic carbocycles. The molecule has 1 aliphatic rings. The number of halogens is 1. The van der Waals surface area contributed by atoms with Crippen LogP contribution >= 0.6 is 15.9 Å². The second-order valence-electron chi connectivity index (χ2n) is 4.40. The molecule has 0 fully saturated rings. The number of ketones is 1. The number of fused-ring (bicyclic) bond motifs is 1. The van der Waals surface area contributed by atoms with Crippen molar-refractivity contribution in [3.05, 3.63) is 28.2 Å². The molecule has 1 atom stereocenters. The number of hydrogen-bond donors (Lipinski definition) is 2. The Bertz CT molecular complexity index is 515. The van der Waals surface area contributed by atoms with Crippen molar-refractivity contribution in [1.82, 2.24) is 0 Å². The van der Waals surface area contributed by atoms with Gasteiger partial charge in [0.25, 0.3) is 5.91 Å². The Balaban J connectivity index is 2.30. The van der Waals surface area contributed by atoms with E-state index in [-0.39, 0.29) is 18.6 Å². The van der Waals surface area contributed by atoms with E-state index in [0.29, 0.717) is 17.7 Å². The molecule has 2 rings (SSSR count). The minimum absolute atomic E-state index is 0.0414. The van der Waals surface area contributed by atoms with Crippen LogP contribution in [0, 0.1) is 0 Å². The second-order valence-corrected chi connectivity index (χ2v) is 5.31. The maximum atomic E-state index is 11.9. The van der Waals surface area contributed by atoms with Crippen molar-refractivity contribution in [1.29, 1.82) is 0 Å². The van der Waals surface area contributed by atoms with Gasteiger partial charge in [0.05, 0.1) is 0 Å². The Morgan fingerprint density at radius 2 is 2.22 bits per heavy atom. The minimum Gasteiger partial charge on any atom is -0.375 e. The molecule has 96 valence electrons. The standard InChI is InChI=1S/C13H14BrNO3/c1-2-9(16)5-6-13(18)10-7-8(14)3-4-11(10)15-12(13)17/h3-4,7,18H,2,5-6H2,1H3,(H,15,17)/t13-/m1/s1. The summed E-state index contributed by atoms with van der Waals surface area (Å²) in [7, 11) is 0. The Labute approximate surface area is 114 Å². The third kappa shape index (κ3) is 2.20. The van der Waals surface area contributed by atoms with E-state index in [1.165, 1.54) is 0 Å². The highest BCUT2D eigenvalue weighted by Gasteiger charge is 2.45. The largest absolute Gasteiger partial charge is 0.375 e. The van der Waals surface area contributed by atoms with Gasteiger partial charge in [-0.05, 0) is 24.6 Å². The molecule has 5 heteroatoms. The van der Waals surface area contributed by atoms with Crippen LogP contribution < -0.4 is 5.32 Å². The number of benzene rings is 1. The number of anilines is 1. The summed E-state index contributed by atoms with van der Waals surface area (Å²) in [4.78, 5) is 23.2. The predicted octanol–water partition coefficient (Wildman–Crippen LogP) is 2.35. The summed E-state index contributed by atoms with van der Waals surface area (Å²) in [5.41, 5.74) is -0.454. The highest BCUT2D eigenvalue weighted by Crippen LogP contribution is 2.40. The summed E-state index contributed by atoms with van der Waals surface area (Å²) in [6.07, 6.45) is 0.740. The van der Waals surface area contributed by atoms with Crippen LogP contribution in [0.3, 0.4) is 0 Å². The lowest BCUT2D eigenvalue weighted by molar-refractivity contribution is -0.135. The van der Waals surface area contributed by atoms with Crippen molar-refractivity contribution in [3.8, 4) is 0 Å². The highest BCUT2D eigenvalue weighted by molar-refractivity contribution is 9.10. The summed E-state index contributed by atoms with van der Waals surface area (Å²) in [6, 6.07) is 5.24. The fourth-order valence-corrected chi connectivity index (χ4v) is 2.42. The average Bonchev–Trinajstić information content (AvgIpc) is 2.60. The van der Waals surface area contributed by atoms with Gasteiger partial charge in [0.2, 0.25) is 0 Å². The van der Waals surface area contributed by atoms with Crippen molar-refractivity contribution in [2.45, 2.75) is 31.8 Å². The van der Waals surface area contributed by atoms with Gasteiger partial charge in [-0.15, -0.1) is 0 Å². The molecule has 1 heterocycles. The van der Waals surface area contributed by atoms with Gasteiger partial charge in [-0.1, -0.05) is 22.9 Å². The van der Waals surface area contributed by atoms with E-state index in [1.807, 2.05) is 0 Å². The number of aliphatic hydroxyl groups is 1. The molecule has 4 nitrogen and oxygen atoms in total. The van der Waals surface area contributed by atoms with Gasteiger partial charge < -0.3 is 10.4 Å². The SMILES string of the molecule is CCC(=O)CC[C@]1(O)C(=O)Nc2ccc(Br)cc21. The van der Waals surface area contributed by atoms with Crippen LogP contribution in [0.5, 0.6) is 0 Å². The van der Waals surface area contributed by atoms with E-state index in [2.05, 4.69) is 21.2 Å². The van der Waals surface area contributed by atoms with Crippen molar-refractivity contribution < 1.29 is 14.7 Å². The molecule has 0 aromatic heterocycles. The molecule has 1 aliphatic heterocycles. The molecule has 0 spiro atoms. The smallest absolute Gasteiger partial charge is 0.261 e. The van der Waals surface area contributed by atoms with E-state index in [9.17, 15) is 14.7 Å². The minimum atomic E-state index is -1.59. The van der Waals surface area contributed by atoms with E-state index in [0.717, 1.165) is 4.47 Å². The van der Waals surface area contributed by atoms with Gasteiger partial charge >= 0.3 is 0 Å². The quantitative estimate of drug-likeness (QED) is 0.897. The first-order valence-corrected chi connectivity index (χ1v) is 6.62. The van der Waals surface area contributed by atoms with Gasteiger partial charge in [-0.25, -0.2) is 0 Å². The third-order valence-electron chi connectivity index (χ3n) is 3.21. The van der Waals surface area contributed by atoms with Crippen molar-refractivity contribution in [3.63, 3.8) is 0 Å². The number of nitrogens with one attached hydrogen (secondary N) is 1. The van der Waals surface area contributed by atoms with Gasteiger partial charge in [-0.3, -0.25) is 9.59 Å². The number of amides is 1. The molecular weight excluding hydrogens is 298 g/mol. The van der Waals surface area contributed by atoms with Crippen LogP contribution in [-0.2, 0) is 15.2 Å². The van der Waals surface area contributed by atoms with Crippen LogP contribution in [-0.4, -0.2) is 16.8 Å². The third-order valence-corrected chi connectivity index (χ3v) is 3.70. The molecule has 18 heavy (non-hydrogen) atoms. The molecule has 0 unspecified atom stereocenters. The van der Waals surface area contributed by atoms with E-state index >= 15 is 0 Å². The zero-order valence-corrected chi connectivity index (χ0v) is 11.6. The second kappa shape index (κ2) is 4.82. The maximum Gasteiger partial charge on any atom is 0.261 e. The van der Waals surface area contributed by atoms with Crippen LogP contribution in [0.25, 0.3) is 0 Å². The Kier molecular flexibility index (Phi) is 3.54. The lowest BCUT2D eigenvalue weighted by Crippen LogP contribution is -2.34. The van der Waals surface area contributed by atoms with Gasteiger partial charge in [-0.2, -0.15) is 0 Å². The molecule has 0 saturated carbocycles. The van der Waals surface area contributed by atoms with Crippen LogP contribution in [0.15, 0.2) is 22.7 Å². The van der Waals surface area contributed by atoms with Gasteiger partial charge in [0, 0.05) is 28.6 Å². The fourth-order valence-electron chi connectivity index (χ4n) is 2.06. The first-order chi connectivity index (χ1) is 8.47. The molecule has 1 aromatic carbocycles. The number of Topliss-reactive ketones (excluding diaryl/α,β-unsaturated/α-hetero) is 1. The first kappa shape index (κ1) is 13.2. The molecule has 1 aromatic rings. The zero-order valence-electron chi connectivity index (χ0n) is 10.00. The lowest BCUT2D eigenvalue weighted by atomic mass is 9.89. The van der Waals surface area contributed by atoms with Gasteiger partial charge in [0.15, 0.2) is 5.60 Å². The van der Waals surface area contributed by atoms with Gasteiger partial charge in [0.1, 0.15) is 5.78 Å². The molecular formula is C13H14BrNO3. The van der Waals surface area contributed by atoms with Crippen LogP contribution in [0.2, 0.25) is 0 Å². The van der Waals surface area contributed by atoms with E-state index in [1.54, 1.807) is 25.1 Å². The maximum absolute atomic E-state index is 11.9. The van der Waals surface area contributed by atoms with Crippen LogP contribution in [0.4, 0.5) is 5.69 Å². The Hall–Kier alpha value is -1.20. The van der Waals surface area contributed by atoms with E-state index < -0.39 is 11.5 Å². The fraction of sp³-hybridized carbons (Fsp3) is 0.385. The van der Waals surface area contributed by atoms with Crippen LogP contribution in [0.1, 0.15) is 31.7 Å². The normalized spacial score (nSPS) is 21.6. The Morgan fingerprint density at radius 3 is 2.89 bits per heavy atom. The van der Waals surface area contributed by atoms with Crippen molar-refractivity contribution in [2.75, 3.05) is 5.32 Å². The lowest BCUT2D eigenvalue weighted by Gasteiger charge is -2.20. The topological polar surface area (TPSA) is 66.4 Å². The molecule has 0 bridgehead atoms. The summed E-state index contributed by atoms with van der Waals surface area (Å²) in [5.74, 6) is -0.417. The number of hydrogen-bond acceptors (Lipinski definition) is 3. The van der Waals surface area contributed by atoms with E-state index in [4.69, 9.17) is 0 Å². The monoisotopic (exact) mass is 311 g/mol. The Morgan fingerprint density at radius 1 is 1.50 bits per heavy atom. The highest BCUT2D eigenvalue weighted by atomic mass is 79.9. The molecule has 0 saturated heterocycles. The number of carbonyl (C=O) groups is 2. The first-order valence-electron chi connectivity index (χ1n) is 5.83. The number of rotatable bonds is 4. The summed E-state index contributed by atoms with van der Waals surface area (Å²) in [5, 5.41) is 13.1. The van der Waals surface area contributed by atoms with Crippen molar-refractivity contribution in [2.24, 2.45) is 0 Å². The van der Waals surface area contributed by atoms with Crippen molar-refractivity contribution >= 4 is 33.3 Å².